The maximum Gasteiger partial charge on any atom is 0.142 e. The summed E-state index contributed by atoms with van der Waals surface area (Å²) in [6.45, 7) is 2.84. The number of hydrogen-bond acceptors (Lipinski definition) is 4. The Hall–Kier alpha value is -2.20. The second kappa shape index (κ2) is 7.38. The molecule has 4 heteroatoms. The summed E-state index contributed by atoms with van der Waals surface area (Å²) in [5, 5.41) is 7.00. The third-order valence-electron chi connectivity index (χ3n) is 4.33. The van der Waals surface area contributed by atoms with Crippen molar-refractivity contribution in [3.05, 3.63) is 53.1 Å². The molecule has 0 unspecified atom stereocenters. The highest BCUT2D eigenvalue weighted by atomic mass is 16.5. The number of nitrogens with one attached hydrogen (secondary N) is 2. The first-order valence-corrected chi connectivity index (χ1v) is 8.08. The molecule has 0 atom stereocenters. The Labute approximate surface area is 137 Å². The average Bonchev–Trinajstić information content (AvgIpc) is 2.62. The minimum Gasteiger partial charge on any atom is -0.497 e. The van der Waals surface area contributed by atoms with Crippen LogP contribution in [0, 0.1) is 0 Å². The Morgan fingerprint density at radius 2 is 1.87 bits per heavy atom. The molecule has 0 saturated carbocycles. The fourth-order valence-corrected chi connectivity index (χ4v) is 3.05. The first-order valence-electron chi connectivity index (χ1n) is 8.08. The third-order valence-corrected chi connectivity index (χ3v) is 4.33. The minimum absolute atomic E-state index is 0.882. The quantitative estimate of drug-likeness (QED) is 0.860. The van der Waals surface area contributed by atoms with Gasteiger partial charge in [0.2, 0.25) is 0 Å². The molecule has 0 spiro atoms. The molecule has 3 rings (SSSR count). The predicted molar refractivity (Wildman–Crippen MR) is 93.6 cm³/mol. The maximum atomic E-state index is 5.55. The lowest BCUT2D eigenvalue weighted by Gasteiger charge is -2.23. The molecule has 0 bridgehead atoms. The summed E-state index contributed by atoms with van der Waals surface area (Å²) in [6, 6.07) is 12.5. The van der Waals surface area contributed by atoms with Gasteiger partial charge >= 0.3 is 0 Å². The highest BCUT2D eigenvalue weighted by molar-refractivity contribution is 5.65. The van der Waals surface area contributed by atoms with Crippen molar-refractivity contribution in [2.75, 3.05) is 32.6 Å². The van der Waals surface area contributed by atoms with Crippen LogP contribution in [0.5, 0.6) is 11.5 Å². The molecule has 122 valence electrons. The largest absolute Gasteiger partial charge is 0.497 e. The van der Waals surface area contributed by atoms with Gasteiger partial charge in [0.25, 0.3) is 0 Å². The van der Waals surface area contributed by atoms with E-state index in [0.717, 1.165) is 49.7 Å². The van der Waals surface area contributed by atoms with Crippen molar-refractivity contribution in [3.8, 4) is 11.5 Å². The monoisotopic (exact) mass is 312 g/mol. The smallest absolute Gasteiger partial charge is 0.142 e. The second-order valence-corrected chi connectivity index (χ2v) is 5.73. The van der Waals surface area contributed by atoms with Crippen molar-refractivity contribution in [1.29, 1.82) is 0 Å². The van der Waals surface area contributed by atoms with Crippen LogP contribution < -0.4 is 20.1 Å². The number of methoxy groups -OCH3 is 2. The average molecular weight is 312 g/mol. The normalized spacial score (nSPS) is 13.3. The molecule has 0 aliphatic carbocycles. The van der Waals surface area contributed by atoms with Crippen molar-refractivity contribution in [3.63, 3.8) is 0 Å². The van der Waals surface area contributed by atoms with Gasteiger partial charge in [-0.2, -0.15) is 0 Å². The summed E-state index contributed by atoms with van der Waals surface area (Å²) in [6.07, 6.45) is 2.01. The number of ether oxygens (including phenoxy) is 2. The SMILES string of the molecule is COc1ccc(CCNc2c(OC)ccc3c2CCNC3)cc1. The maximum absolute atomic E-state index is 5.55. The van der Waals surface area contributed by atoms with E-state index in [2.05, 4.69) is 34.9 Å². The lowest BCUT2D eigenvalue weighted by molar-refractivity contribution is 0.414. The van der Waals surface area contributed by atoms with Crippen LogP contribution in [0.3, 0.4) is 0 Å². The van der Waals surface area contributed by atoms with Crippen molar-refractivity contribution in [2.24, 2.45) is 0 Å². The summed E-state index contributed by atoms with van der Waals surface area (Å²) >= 11 is 0. The number of benzene rings is 2. The molecule has 4 nitrogen and oxygen atoms in total. The van der Waals surface area contributed by atoms with Crippen LogP contribution in [0.15, 0.2) is 36.4 Å². The van der Waals surface area contributed by atoms with Gasteiger partial charge in [-0.1, -0.05) is 18.2 Å². The van der Waals surface area contributed by atoms with E-state index in [-0.39, 0.29) is 0 Å². The molecule has 0 amide bonds. The lowest BCUT2D eigenvalue weighted by atomic mass is 9.98. The van der Waals surface area contributed by atoms with Crippen LogP contribution in [-0.4, -0.2) is 27.3 Å². The van der Waals surface area contributed by atoms with E-state index in [0.29, 0.717) is 0 Å². The second-order valence-electron chi connectivity index (χ2n) is 5.73. The first-order chi connectivity index (χ1) is 11.3. The Balaban J connectivity index is 1.69. The molecule has 23 heavy (non-hydrogen) atoms. The van der Waals surface area contributed by atoms with E-state index in [9.17, 15) is 0 Å². The van der Waals surface area contributed by atoms with Gasteiger partial charge in [-0.25, -0.2) is 0 Å². The number of fused-ring (bicyclic) bond motifs is 1. The Bertz CT molecular complexity index is 653. The topological polar surface area (TPSA) is 42.5 Å². The van der Waals surface area contributed by atoms with E-state index >= 15 is 0 Å². The van der Waals surface area contributed by atoms with Crippen molar-refractivity contribution >= 4 is 5.69 Å². The van der Waals surface area contributed by atoms with Gasteiger partial charge in [0.15, 0.2) is 0 Å². The van der Waals surface area contributed by atoms with Crippen molar-refractivity contribution < 1.29 is 9.47 Å². The van der Waals surface area contributed by atoms with Crippen LogP contribution in [0.25, 0.3) is 0 Å². The fraction of sp³-hybridized carbons (Fsp3) is 0.368. The molecule has 2 N–H and O–H groups in total. The van der Waals surface area contributed by atoms with Crippen LogP contribution in [0.2, 0.25) is 0 Å². The Kier molecular flexibility index (Phi) is 5.03. The molecule has 2 aromatic carbocycles. The summed E-state index contributed by atoms with van der Waals surface area (Å²) in [7, 11) is 3.42. The van der Waals surface area contributed by atoms with Gasteiger partial charge in [0.1, 0.15) is 11.5 Å². The van der Waals surface area contributed by atoms with E-state index in [1.807, 2.05) is 12.1 Å². The van der Waals surface area contributed by atoms with Crippen molar-refractivity contribution in [2.45, 2.75) is 19.4 Å². The fourth-order valence-electron chi connectivity index (χ4n) is 3.05. The van der Waals surface area contributed by atoms with Crippen LogP contribution in [0.4, 0.5) is 5.69 Å². The molecular formula is C19H24N2O2. The molecule has 0 aromatic heterocycles. The van der Waals surface area contributed by atoms with E-state index in [1.165, 1.54) is 16.7 Å². The summed E-state index contributed by atoms with van der Waals surface area (Å²) in [5.41, 5.74) is 5.20. The first kappa shape index (κ1) is 15.7. The molecule has 1 heterocycles. The van der Waals surface area contributed by atoms with Crippen molar-refractivity contribution in [1.82, 2.24) is 5.32 Å². The van der Waals surface area contributed by atoms with Crippen LogP contribution in [0.1, 0.15) is 16.7 Å². The highest BCUT2D eigenvalue weighted by Crippen LogP contribution is 2.32. The molecular weight excluding hydrogens is 288 g/mol. The highest BCUT2D eigenvalue weighted by Gasteiger charge is 2.16. The number of rotatable bonds is 6. The molecule has 2 aromatic rings. The summed E-state index contributed by atoms with van der Waals surface area (Å²) < 4.78 is 10.7. The van der Waals surface area contributed by atoms with Gasteiger partial charge in [-0.05, 0) is 54.3 Å². The van der Waals surface area contributed by atoms with Gasteiger partial charge in [0, 0.05) is 13.1 Å². The van der Waals surface area contributed by atoms with Gasteiger partial charge in [0.05, 0.1) is 19.9 Å². The standard InChI is InChI=1S/C19H24N2O2/c1-22-16-6-3-14(4-7-16)9-12-21-19-17-10-11-20-13-15(17)5-8-18(19)23-2/h3-8,20-21H,9-13H2,1-2H3. The van der Waals surface area contributed by atoms with Gasteiger partial charge < -0.3 is 20.1 Å². The lowest BCUT2D eigenvalue weighted by Crippen LogP contribution is -2.25. The van der Waals surface area contributed by atoms with E-state index in [1.54, 1.807) is 14.2 Å². The number of anilines is 1. The summed E-state index contributed by atoms with van der Waals surface area (Å²) in [5.74, 6) is 1.83. The molecule has 0 fully saturated rings. The zero-order chi connectivity index (χ0) is 16.1. The Morgan fingerprint density at radius 3 is 2.61 bits per heavy atom. The van der Waals surface area contributed by atoms with Crippen LogP contribution >= 0.6 is 0 Å². The molecule has 1 aliphatic heterocycles. The molecule has 1 aliphatic rings. The van der Waals surface area contributed by atoms with Gasteiger partial charge in [-0.15, -0.1) is 0 Å². The third kappa shape index (κ3) is 3.59. The minimum atomic E-state index is 0.882. The summed E-state index contributed by atoms with van der Waals surface area (Å²) in [4.78, 5) is 0. The van der Waals surface area contributed by atoms with Gasteiger partial charge in [-0.3, -0.25) is 0 Å². The molecule has 0 radical (unpaired) electrons. The Morgan fingerprint density at radius 1 is 1.04 bits per heavy atom. The number of hydrogen-bond donors (Lipinski definition) is 2. The van der Waals surface area contributed by atoms with E-state index in [4.69, 9.17) is 9.47 Å². The zero-order valence-corrected chi connectivity index (χ0v) is 13.8. The molecule has 0 saturated heterocycles. The predicted octanol–water partition coefficient (Wildman–Crippen LogP) is 3.00. The van der Waals surface area contributed by atoms with E-state index < -0.39 is 0 Å². The van der Waals surface area contributed by atoms with Crippen LogP contribution in [-0.2, 0) is 19.4 Å². The zero-order valence-electron chi connectivity index (χ0n) is 13.8.